The van der Waals surface area contributed by atoms with Crippen LogP contribution in [0.5, 0.6) is 0 Å². The average Bonchev–Trinajstić information content (AvgIpc) is 2.33. The Morgan fingerprint density at radius 3 is 2.33 bits per heavy atom. The molecular weight excluding hydrogens is 232 g/mol. The minimum absolute atomic E-state index is 0.313. The van der Waals surface area contributed by atoms with Crippen LogP contribution in [-0.4, -0.2) is 56.1 Å². The number of carbonyl (C=O) groups is 2. The van der Waals surface area contributed by atoms with Gasteiger partial charge in [0.05, 0.1) is 6.04 Å². The molecule has 0 heterocycles. The first-order valence-electron chi connectivity index (χ1n) is 6.34. The van der Waals surface area contributed by atoms with Crippen molar-refractivity contribution in [3.63, 3.8) is 0 Å². The molecule has 0 aromatic carbocycles. The lowest BCUT2D eigenvalue weighted by Gasteiger charge is -2.21. The fourth-order valence-electron chi connectivity index (χ4n) is 1.28. The van der Waals surface area contributed by atoms with E-state index in [1.807, 2.05) is 0 Å². The summed E-state index contributed by atoms with van der Waals surface area (Å²) in [5.74, 6) is -0.313. The molecule has 1 atom stereocenters. The SMILES string of the molecule is CNC(=O)NC(=O)C(C)NCCCN(C)C(C)C. The third-order valence-corrected chi connectivity index (χ3v) is 2.88. The van der Waals surface area contributed by atoms with Gasteiger partial charge in [0.25, 0.3) is 0 Å². The van der Waals surface area contributed by atoms with Crippen LogP contribution in [0.2, 0.25) is 0 Å². The van der Waals surface area contributed by atoms with E-state index in [1.165, 1.54) is 7.05 Å². The number of hydrogen-bond donors (Lipinski definition) is 3. The molecule has 0 saturated heterocycles. The van der Waals surface area contributed by atoms with Crippen molar-refractivity contribution in [3.8, 4) is 0 Å². The Kier molecular flexibility index (Phi) is 8.32. The number of nitrogens with one attached hydrogen (secondary N) is 3. The van der Waals surface area contributed by atoms with Crippen LogP contribution in [0.4, 0.5) is 4.79 Å². The van der Waals surface area contributed by atoms with Gasteiger partial charge in [-0.2, -0.15) is 0 Å². The maximum atomic E-state index is 11.5. The van der Waals surface area contributed by atoms with Gasteiger partial charge in [-0.05, 0) is 47.3 Å². The summed E-state index contributed by atoms with van der Waals surface area (Å²) in [6.07, 6.45) is 0.965. The van der Waals surface area contributed by atoms with Crippen molar-refractivity contribution in [3.05, 3.63) is 0 Å². The first kappa shape index (κ1) is 16.9. The van der Waals surface area contributed by atoms with E-state index in [1.54, 1.807) is 6.92 Å². The second-order valence-corrected chi connectivity index (χ2v) is 4.67. The molecule has 0 aliphatic carbocycles. The molecule has 0 fully saturated rings. The highest BCUT2D eigenvalue weighted by molar-refractivity contribution is 5.96. The van der Waals surface area contributed by atoms with Crippen LogP contribution in [0.25, 0.3) is 0 Å². The molecule has 0 saturated carbocycles. The van der Waals surface area contributed by atoms with Gasteiger partial charge in [-0.3, -0.25) is 10.1 Å². The van der Waals surface area contributed by atoms with E-state index in [0.29, 0.717) is 6.04 Å². The zero-order valence-corrected chi connectivity index (χ0v) is 12.0. The number of urea groups is 1. The van der Waals surface area contributed by atoms with Crippen molar-refractivity contribution in [2.75, 3.05) is 27.2 Å². The standard InChI is InChI=1S/C12H26N4O2/c1-9(2)16(5)8-6-7-14-10(3)11(17)15-12(18)13-4/h9-10,14H,6-8H2,1-5H3,(H2,13,15,17,18). The van der Waals surface area contributed by atoms with Crippen LogP contribution in [0.15, 0.2) is 0 Å². The van der Waals surface area contributed by atoms with Crippen LogP contribution in [-0.2, 0) is 4.79 Å². The Labute approximate surface area is 109 Å². The molecule has 0 aromatic rings. The van der Waals surface area contributed by atoms with E-state index in [4.69, 9.17) is 0 Å². The van der Waals surface area contributed by atoms with Crippen molar-refractivity contribution in [2.45, 2.75) is 39.3 Å². The number of imide groups is 1. The Morgan fingerprint density at radius 1 is 1.22 bits per heavy atom. The molecule has 6 nitrogen and oxygen atoms in total. The van der Waals surface area contributed by atoms with Crippen LogP contribution in [0.1, 0.15) is 27.2 Å². The van der Waals surface area contributed by atoms with Gasteiger partial charge < -0.3 is 15.5 Å². The number of carbonyl (C=O) groups excluding carboxylic acids is 2. The monoisotopic (exact) mass is 258 g/mol. The Hall–Kier alpha value is -1.14. The van der Waals surface area contributed by atoms with E-state index in [-0.39, 0.29) is 11.9 Å². The first-order valence-corrected chi connectivity index (χ1v) is 6.34. The summed E-state index contributed by atoms with van der Waals surface area (Å²) in [5, 5.41) is 7.66. The van der Waals surface area contributed by atoms with Crippen molar-refractivity contribution in [1.82, 2.24) is 20.9 Å². The lowest BCUT2D eigenvalue weighted by Crippen LogP contribution is -2.47. The molecule has 6 heteroatoms. The van der Waals surface area contributed by atoms with Crippen molar-refractivity contribution in [2.24, 2.45) is 0 Å². The lowest BCUT2D eigenvalue weighted by atomic mass is 10.2. The van der Waals surface area contributed by atoms with E-state index in [2.05, 4.69) is 41.7 Å². The van der Waals surface area contributed by atoms with Crippen LogP contribution in [0, 0.1) is 0 Å². The molecule has 3 amide bonds. The van der Waals surface area contributed by atoms with Gasteiger partial charge in [0.1, 0.15) is 0 Å². The van der Waals surface area contributed by atoms with E-state index in [0.717, 1.165) is 19.5 Å². The zero-order chi connectivity index (χ0) is 14.1. The van der Waals surface area contributed by atoms with Gasteiger partial charge in [0.2, 0.25) is 5.91 Å². The average molecular weight is 258 g/mol. The molecule has 3 N–H and O–H groups in total. The number of hydrogen-bond acceptors (Lipinski definition) is 4. The second-order valence-electron chi connectivity index (χ2n) is 4.67. The van der Waals surface area contributed by atoms with Crippen molar-refractivity contribution in [1.29, 1.82) is 0 Å². The maximum Gasteiger partial charge on any atom is 0.321 e. The summed E-state index contributed by atoms with van der Waals surface area (Å²) >= 11 is 0. The highest BCUT2D eigenvalue weighted by atomic mass is 16.2. The molecule has 0 bridgehead atoms. The molecule has 0 rings (SSSR count). The third-order valence-electron chi connectivity index (χ3n) is 2.88. The molecule has 18 heavy (non-hydrogen) atoms. The summed E-state index contributed by atoms with van der Waals surface area (Å²) in [5.41, 5.74) is 0. The van der Waals surface area contributed by atoms with Crippen molar-refractivity contribution >= 4 is 11.9 Å². The first-order chi connectivity index (χ1) is 8.38. The summed E-state index contributed by atoms with van der Waals surface area (Å²) in [7, 11) is 3.55. The van der Waals surface area contributed by atoms with Crippen LogP contribution in [0.3, 0.4) is 0 Å². The highest BCUT2D eigenvalue weighted by Crippen LogP contribution is 1.94. The second kappa shape index (κ2) is 8.88. The molecule has 106 valence electrons. The molecular formula is C12H26N4O2. The van der Waals surface area contributed by atoms with Gasteiger partial charge in [0.15, 0.2) is 0 Å². The van der Waals surface area contributed by atoms with Gasteiger partial charge in [-0.15, -0.1) is 0 Å². The number of amides is 3. The Balaban J connectivity index is 3.73. The van der Waals surface area contributed by atoms with Gasteiger partial charge >= 0.3 is 6.03 Å². The fraction of sp³-hybridized carbons (Fsp3) is 0.833. The van der Waals surface area contributed by atoms with Crippen molar-refractivity contribution < 1.29 is 9.59 Å². The summed E-state index contributed by atoms with van der Waals surface area (Å²) < 4.78 is 0. The largest absolute Gasteiger partial charge is 0.341 e. The number of nitrogens with zero attached hydrogens (tertiary/aromatic N) is 1. The molecule has 0 aliphatic rings. The lowest BCUT2D eigenvalue weighted by molar-refractivity contribution is -0.121. The minimum atomic E-state index is -0.479. The Bertz CT molecular complexity index is 269. The minimum Gasteiger partial charge on any atom is -0.341 e. The molecule has 0 aromatic heterocycles. The van der Waals surface area contributed by atoms with Crippen LogP contribution >= 0.6 is 0 Å². The van der Waals surface area contributed by atoms with Gasteiger partial charge in [-0.1, -0.05) is 0 Å². The molecule has 0 radical (unpaired) electrons. The normalized spacial score (nSPS) is 12.6. The molecule has 1 unspecified atom stereocenters. The van der Waals surface area contributed by atoms with E-state index in [9.17, 15) is 9.59 Å². The van der Waals surface area contributed by atoms with E-state index < -0.39 is 6.03 Å². The highest BCUT2D eigenvalue weighted by Gasteiger charge is 2.14. The summed E-state index contributed by atoms with van der Waals surface area (Å²) in [6.45, 7) is 7.76. The zero-order valence-electron chi connectivity index (χ0n) is 12.0. The number of rotatable bonds is 7. The fourth-order valence-corrected chi connectivity index (χ4v) is 1.28. The topological polar surface area (TPSA) is 73.5 Å². The predicted molar refractivity (Wildman–Crippen MR) is 72.4 cm³/mol. The van der Waals surface area contributed by atoms with Gasteiger partial charge in [-0.25, -0.2) is 4.79 Å². The smallest absolute Gasteiger partial charge is 0.321 e. The summed E-state index contributed by atoms with van der Waals surface area (Å²) in [4.78, 5) is 24.7. The maximum absolute atomic E-state index is 11.5. The molecule has 0 aliphatic heterocycles. The molecule has 0 spiro atoms. The Morgan fingerprint density at radius 2 is 1.83 bits per heavy atom. The quantitative estimate of drug-likeness (QED) is 0.568. The predicted octanol–water partition coefficient (Wildman–Crippen LogP) is 0.150. The van der Waals surface area contributed by atoms with E-state index >= 15 is 0 Å². The summed E-state index contributed by atoms with van der Waals surface area (Å²) in [6, 6.07) is -0.321. The third kappa shape index (κ3) is 7.24. The van der Waals surface area contributed by atoms with Gasteiger partial charge in [0, 0.05) is 13.1 Å². The van der Waals surface area contributed by atoms with Crippen LogP contribution < -0.4 is 16.0 Å².